The summed E-state index contributed by atoms with van der Waals surface area (Å²) in [6.45, 7) is 2.90. The Bertz CT molecular complexity index is 667. The molecule has 0 bridgehead atoms. The molecule has 1 N–H and O–H groups in total. The lowest BCUT2D eigenvalue weighted by atomic mass is 9.80. The van der Waals surface area contributed by atoms with Crippen molar-refractivity contribution in [2.75, 3.05) is 11.9 Å². The lowest BCUT2D eigenvalue weighted by Gasteiger charge is -2.36. The summed E-state index contributed by atoms with van der Waals surface area (Å²) < 4.78 is 19.2. The van der Waals surface area contributed by atoms with Crippen molar-refractivity contribution in [3.63, 3.8) is 0 Å². The van der Waals surface area contributed by atoms with Gasteiger partial charge in [0.2, 0.25) is 0 Å². The van der Waals surface area contributed by atoms with Crippen molar-refractivity contribution in [2.24, 2.45) is 5.92 Å². The van der Waals surface area contributed by atoms with Gasteiger partial charge in [0.15, 0.2) is 0 Å². The Balaban J connectivity index is 1.77. The summed E-state index contributed by atoms with van der Waals surface area (Å²) in [5.41, 5.74) is 4.78. The molecule has 0 spiro atoms. The van der Waals surface area contributed by atoms with Crippen LogP contribution in [0.1, 0.15) is 35.3 Å². The second-order valence-corrected chi connectivity index (χ2v) is 6.01. The van der Waals surface area contributed by atoms with Crippen LogP contribution < -0.4 is 5.32 Å². The van der Waals surface area contributed by atoms with E-state index in [1.165, 1.54) is 23.3 Å². The number of ether oxygens (including phenoxy) is 1. The maximum atomic E-state index is 13.2. The van der Waals surface area contributed by atoms with Crippen LogP contribution in [0.2, 0.25) is 0 Å². The Kier molecular flexibility index (Phi) is 2.96. The van der Waals surface area contributed by atoms with Crippen molar-refractivity contribution < 1.29 is 9.13 Å². The van der Waals surface area contributed by atoms with Crippen molar-refractivity contribution in [3.8, 4) is 0 Å². The number of rotatable bonds is 1. The minimum absolute atomic E-state index is 0.149. The molecule has 0 saturated carbocycles. The highest BCUT2D eigenvalue weighted by molar-refractivity contribution is 5.58. The summed E-state index contributed by atoms with van der Waals surface area (Å²) in [6.07, 6.45) is 1.18. The van der Waals surface area contributed by atoms with E-state index in [0.717, 1.165) is 24.3 Å². The zero-order valence-corrected chi connectivity index (χ0v) is 12.0. The number of benzene rings is 2. The van der Waals surface area contributed by atoms with Gasteiger partial charge in [-0.3, -0.25) is 0 Å². The first-order valence-electron chi connectivity index (χ1n) is 7.46. The summed E-state index contributed by atoms with van der Waals surface area (Å²) in [7, 11) is 0. The van der Waals surface area contributed by atoms with E-state index in [2.05, 4.69) is 30.4 Å². The lowest BCUT2D eigenvalue weighted by Crippen LogP contribution is -2.29. The summed E-state index contributed by atoms with van der Waals surface area (Å²) in [6, 6.07) is 13.5. The minimum Gasteiger partial charge on any atom is -0.378 e. The van der Waals surface area contributed by atoms with Crippen molar-refractivity contribution in [3.05, 3.63) is 65.0 Å². The van der Waals surface area contributed by atoms with Gasteiger partial charge in [0.05, 0.1) is 12.1 Å². The molecule has 4 rings (SSSR count). The van der Waals surface area contributed by atoms with E-state index in [1.54, 1.807) is 0 Å². The Morgan fingerprint density at radius 1 is 1.14 bits per heavy atom. The number of anilines is 1. The van der Waals surface area contributed by atoms with Crippen molar-refractivity contribution in [1.29, 1.82) is 0 Å². The van der Waals surface area contributed by atoms with Gasteiger partial charge in [-0.2, -0.15) is 0 Å². The highest BCUT2D eigenvalue weighted by Gasteiger charge is 2.41. The number of nitrogens with one attached hydrogen (secondary N) is 1. The van der Waals surface area contributed by atoms with Crippen LogP contribution >= 0.6 is 0 Å². The Morgan fingerprint density at radius 2 is 1.95 bits per heavy atom. The predicted molar refractivity (Wildman–Crippen MR) is 80.7 cm³/mol. The quantitative estimate of drug-likeness (QED) is 0.838. The van der Waals surface area contributed by atoms with Crippen LogP contribution in [-0.4, -0.2) is 6.61 Å². The fraction of sp³-hybridized carbons (Fsp3) is 0.333. The van der Waals surface area contributed by atoms with Crippen molar-refractivity contribution >= 4 is 5.69 Å². The molecule has 21 heavy (non-hydrogen) atoms. The molecule has 2 aliphatic heterocycles. The van der Waals surface area contributed by atoms with Gasteiger partial charge in [-0.25, -0.2) is 4.39 Å². The van der Waals surface area contributed by atoms with Crippen molar-refractivity contribution in [1.82, 2.24) is 0 Å². The Labute approximate surface area is 123 Å². The third kappa shape index (κ3) is 2.12. The zero-order chi connectivity index (χ0) is 14.4. The van der Waals surface area contributed by atoms with E-state index in [1.807, 2.05) is 12.1 Å². The van der Waals surface area contributed by atoms with Gasteiger partial charge < -0.3 is 10.1 Å². The first kappa shape index (κ1) is 12.8. The summed E-state index contributed by atoms with van der Waals surface area (Å²) in [5.74, 6) is 0.217. The standard InChI is InChI=1S/C18H18FNO/c1-11-2-7-16-15(10-11)18-14(8-9-21-18)17(20-16)12-3-5-13(19)6-4-12/h2-7,10,14,17-18,20H,8-9H2,1H3. The first-order valence-corrected chi connectivity index (χ1v) is 7.46. The molecule has 1 fully saturated rings. The average Bonchev–Trinajstić information content (AvgIpc) is 2.97. The highest BCUT2D eigenvalue weighted by atomic mass is 19.1. The minimum atomic E-state index is -0.190. The summed E-state index contributed by atoms with van der Waals surface area (Å²) in [4.78, 5) is 0. The number of fused-ring (bicyclic) bond motifs is 3. The average molecular weight is 283 g/mol. The third-order valence-corrected chi connectivity index (χ3v) is 4.62. The predicted octanol–water partition coefficient (Wildman–Crippen LogP) is 4.38. The van der Waals surface area contributed by atoms with Crippen LogP contribution in [0.25, 0.3) is 0 Å². The summed E-state index contributed by atoms with van der Waals surface area (Å²) in [5, 5.41) is 3.63. The first-order chi connectivity index (χ1) is 10.2. The van der Waals surface area contributed by atoms with E-state index in [4.69, 9.17) is 4.74 Å². The number of hydrogen-bond acceptors (Lipinski definition) is 2. The summed E-state index contributed by atoms with van der Waals surface area (Å²) >= 11 is 0. The van der Waals surface area contributed by atoms with Crippen LogP contribution in [0.5, 0.6) is 0 Å². The van der Waals surface area contributed by atoms with E-state index in [9.17, 15) is 4.39 Å². The molecule has 2 heterocycles. The maximum Gasteiger partial charge on any atom is 0.123 e. The molecule has 0 aliphatic carbocycles. The van der Waals surface area contributed by atoms with Gasteiger partial charge in [-0.1, -0.05) is 29.8 Å². The fourth-order valence-electron chi connectivity index (χ4n) is 3.59. The molecule has 1 saturated heterocycles. The van der Waals surface area contributed by atoms with E-state index >= 15 is 0 Å². The Morgan fingerprint density at radius 3 is 2.76 bits per heavy atom. The van der Waals surface area contributed by atoms with Crippen LogP contribution in [0.15, 0.2) is 42.5 Å². The number of aryl methyl sites for hydroxylation is 1. The van der Waals surface area contributed by atoms with E-state index in [-0.39, 0.29) is 18.0 Å². The monoisotopic (exact) mass is 283 g/mol. The van der Waals surface area contributed by atoms with Crippen LogP contribution in [0, 0.1) is 18.7 Å². The second kappa shape index (κ2) is 4.85. The fourth-order valence-corrected chi connectivity index (χ4v) is 3.59. The number of hydrogen-bond donors (Lipinski definition) is 1. The smallest absolute Gasteiger partial charge is 0.123 e. The largest absolute Gasteiger partial charge is 0.378 e. The molecule has 0 aromatic heterocycles. The van der Waals surface area contributed by atoms with Gasteiger partial charge in [0.1, 0.15) is 5.82 Å². The van der Waals surface area contributed by atoms with E-state index < -0.39 is 0 Å². The molecule has 3 heteroatoms. The van der Waals surface area contributed by atoms with Gasteiger partial charge in [0, 0.05) is 23.8 Å². The lowest BCUT2D eigenvalue weighted by molar-refractivity contribution is 0.0829. The van der Waals surface area contributed by atoms with Gasteiger partial charge in [-0.05, 0) is 37.1 Å². The molecule has 108 valence electrons. The topological polar surface area (TPSA) is 21.3 Å². The SMILES string of the molecule is Cc1ccc2c(c1)C1OCCC1C(c1ccc(F)cc1)N2. The third-order valence-electron chi connectivity index (χ3n) is 4.62. The Hall–Kier alpha value is -1.87. The second-order valence-electron chi connectivity index (χ2n) is 6.01. The molecule has 2 nitrogen and oxygen atoms in total. The van der Waals surface area contributed by atoms with Gasteiger partial charge in [-0.15, -0.1) is 0 Å². The normalized spacial score (nSPS) is 26.9. The molecule has 0 radical (unpaired) electrons. The van der Waals surface area contributed by atoms with Crippen LogP contribution in [0.3, 0.4) is 0 Å². The molecular weight excluding hydrogens is 265 g/mol. The van der Waals surface area contributed by atoms with Gasteiger partial charge >= 0.3 is 0 Å². The molecule has 0 amide bonds. The molecule has 2 aromatic carbocycles. The maximum absolute atomic E-state index is 13.2. The van der Waals surface area contributed by atoms with Gasteiger partial charge in [0.25, 0.3) is 0 Å². The molecule has 3 unspecified atom stereocenters. The molecule has 2 aromatic rings. The van der Waals surface area contributed by atoms with E-state index in [0.29, 0.717) is 5.92 Å². The van der Waals surface area contributed by atoms with Crippen LogP contribution in [-0.2, 0) is 4.74 Å². The molecule has 3 atom stereocenters. The highest BCUT2D eigenvalue weighted by Crippen LogP contribution is 2.49. The number of halogens is 1. The molecule has 2 aliphatic rings. The zero-order valence-electron chi connectivity index (χ0n) is 12.0. The van der Waals surface area contributed by atoms with Crippen LogP contribution in [0.4, 0.5) is 10.1 Å². The molecular formula is C18H18FNO. The van der Waals surface area contributed by atoms with Crippen molar-refractivity contribution in [2.45, 2.75) is 25.5 Å².